The monoisotopic (exact) mass is 185 g/mol. The van der Waals surface area contributed by atoms with E-state index in [2.05, 4.69) is 12.2 Å². The fourth-order valence-electron chi connectivity index (χ4n) is 1.46. The summed E-state index contributed by atoms with van der Waals surface area (Å²) in [6, 6.07) is -0.0887. The van der Waals surface area contributed by atoms with Crippen LogP contribution in [0.4, 0.5) is 0 Å². The molecule has 1 heterocycles. The lowest BCUT2D eigenvalue weighted by Crippen LogP contribution is -2.37. The van der Waals surface area contributed by atoms with Crippen LogP contribution in [0.25, 0.3) is 0 Å². The molecule has 0 amide bonds. The maximum atomic E-state index is 11.5. The molecule has 0 aliphatic carbocycles. The van der Waals surface area contributed by atoms with Crippen LogP contribution >= 0.6 is 0 Å². The van der Waals surface area contributed by atoms with Gasteiger partial charge in [-0.2, -0.15) is 0 Å². The number of hydrogen-bond donors (Lipinski definition) is 1. The van der Waals surface area contributed by atoms with Gasteiger partial charge in [0.1, 0.15) is 11.6 Å². The van der Waals surface area contributed by atoms with Crippen molar-refractivity contribution in [2.45, 2.75) is 45.8 Å². The Morgan fingerprint density at radius 1 is 1.46 bits per heavy atom. The molecule has 2 atom stereocenters. The van der Waals surface area contributed by atoms with Crippen molar-refractivity contribution in [2.24, 2.45) is 5.92 Å². The van der Waals surface area contributed by atoms with Crippen molar-refractivity contribution in [1.82, 2.24) is 5.32 Å². The molecule has 1 saturated heterocycles. The van der Waals surface area contributed by atoms with Crippen molar-refractivity contribution >= 4 is 5.97 Å². The van der Waals surface area contributed by atoms with Crippen molar-refractivity contribution < 1.29 is 9.53 Å². The van der Waals surface area contributed by atoms with Crippen molar-refractivity contribution in [3.05, 3.63) is 0 Å². The van der Waals surface area contributed by atoms with Crippen molar-refractivity contribution in [3.63, 3.8) is 0 Å². The molecule has 1 fully saturated rings. The highest BCUT2D eigenvalue weighted by atomic mass is 16.6. The third-order valence-electron chi connectivity index (χ3n) is 2.04. The van der Waals surface area contributed by atoms with Crippen LogP contribution in [-0.2, 0) is 9.53 Å². The smallest absolute Gasteiger partial charge is 0.323 e. The zero-order valence-corrected chi connectivity index (χ0v) is 8.89. The van der Waals surface area contributed by atoms with Crippen LogP contribution in [-0.4, -0.2) is 24.2 Å². The standard InChI is InChI=1S/C10H19NO2/c1-7-5-8(11-6-7)9(12)13-10(2,3)4/h7-8,11H,5-6H2,1-4H3/t7-,8-/m0/s1. The maximum absolute atomic E-state index is 11.5. The van der Waals surface area contributed by atoms with E-state index in [4.69, 9.17) is 4.74 Å². The first kappa shape index (κ1) is 10.5. The van der Waals surface area contributed by atoms with Crippen molar-refractivity contribution in [3.8, 4) is 0 Å². The molecule has 0 saturated carbocycles. The summed E-state index contributed by atoms with van der Waals surface area (Å²) >= 11 is 0. The van der Waals surface area contributed by atoms with E-state index in [0.717, 1.165) is 13.0 Å². The van der Waals surface area contributed by atoms with Crippen LogP contribution in [0, 0.1) is 5.92 Å². The van der Waals surface area contributed by atoms with Crippen molar-refractivity contribution in [1.29, 1.82) is 0 Å². The van der Waals surface area contributed by atoms with Gasteiger partial charge in [-0.3, -0.25) is 4.79 Å². The summed E-state index contributed by atoms with van der Waals surface area (Å²) in [6.45, 7) is 8.73. The summed E-state index contributed by atoms with van der Waals surface area (Å²) in [5.41, 5.74) is -0.370. The molecule has 1 aliphatic heterocycles. The maximum Gasteiger partial charge on any atom is 0.323 e. The first-order valence-electron chi connectivity index (χ1n) is 4.85. The Hall–Kier alpha value is -0.570. The van der Waals surface area contributed by atoms with E-state index in [0.29, 0.717) is 5.92 Å². The summed E-state index contributed by atoms with van der Waals surface area (Å²) in [6.07, 6.45) is 0.898. The Kier molecular flexibility index (Phi) is 2.96. The lowest BCUT2D eigenvalue weighted by Gasteiger charge is -2.22. The Labute approximate surface area is 79.8 Å². The molecular weight excluding hydrogens is 166 g/mol. The Bertz CT molecular complexity index is 196. The molecule has 0 aromatic rings. The molecule has 0 unspecified atom stereocenters. The Morgan fingerprint density at radius 3 is 2.46 bits per heavy atom. The van der Waals surface area contributed by atoms with Gasteiger partial charge in [0, 0.05) is 0 Å². The average molecular weight is 185 g/mol. The number of rotatable bonds is 1. The number of nitrogens with one attached hydrogen (secondary N) is 1. The van der Waals surface area contributed by atoms with E-state index >= 15 is 0 Å². The Morgan fingerprint density at radius 2 is 2.08 bits per heavy atom. The van der Waals surface area contributed by atoms with E-state index in [1.165, 1.54) is 0 Å². The quantitative estimate of drug-likeness (QED) is 0.626. The molecule has 3 heteroatoms. The zero-order valence-electron chi connectivity index (χ0n) is 8.89. The first-order chi connectivity index (χ1) is 5.88. The van der Waals surface area contributed by atoms with E-state index in [1.54, 1.807) is 0 Å². The lowest BCUT2D eigenvalue weighted by molar-refractivity contribution is -0.157. The molecule has 0 radical (unpaired) electrons. The van der Waals surface area contributed by atoms with Crippen LogP contribution < -0.4 is 5.32 Å². The number of esters is 1. The minimum Gasteiger partial charge on any atom is -0.459 e. The summed E-state index contributed by atoms with van der Waals surface area (Å²) in [4.78, 5) is 11.5. The largest absolute Gasteiger partial charge is 0.459 e. The normalized spacial score (nSPS) is 28.9. The van der Waals surface area contributed by atoms with Gasteiger partial charge in [0.05, 0.1) is 0 Å². The molecule has 1 rings (SSSR count). The lowest BCUT2D eigenvalue weighted by atomic mass is 10.1. The summed E-state index contributed by atoms with van der Waals surface area (Å²) in [7, 11) is 0. The molecule has 1 N–H and O–H groups in total. The topological polar surface area (TPSA) is 38.3 Å². The van der Waals surface area contributed by atoms with Gasteiger partial charge in [-0.25, -0.2) is 0 Å². The number of hydrogen-bond acceptors (Lipinski definition) is 3. The third-order valence-corrected chi connectivity index (χ3v) is 2.04. The van der Waals surface area contributed by atoms with Crippen LogP contribution in [0.3, 0.4) is 0 Å². The van der Waals surface area contributed by atoms with Gasteiger partial charge in [-0.1, -0.05) is 6.92 Å². The molecule has 3 nitrogen and oxygen atoms in total. The van der Waals surface area contributed by atoms with E-state index < -0.39 is 0 Å². The van der Waals surface area contributed by atoms with Gasteiger partial charge in [-0.05, 0) is 39.7 Å². The molecule has 0 aromatic carbocycles. The highest BCUT2D eigenvalue weighted by Crippen LogP contribution is 2.16. The van der Waals surface area contributed by atoms with Gasteiger partial charge >= 0.3 is 5.97 Å². The van der Waals surface area contributed by atoms with Crippen LogP contribution in [0.1, 0.15) is 34.1 Å². The fourth-order valence-corrected chi connectivity index (χ4v) is 1.46. The van der Waals surface area contributed by atoms with Crippen molar-refractivity contribution in [2.75, 3.05) is 6.54 Å². The van der Waals surface area contributed by atoms with Gasteiger partial charge < -0.3 is 10.1 Å². The molecule has 0 aromatic heterocycles. The fraction of sp³-hybridized carbons (Fsp3) is 0.900. The first-order valence-corrected chi connectivity index (χ1v) is 4.85. The van der Waals surface area contributed by atoms with Gasteiger partial charge in [0.15, 0.2) is 0 Å². The van der Waals surface area contributed by atoms with Gasteiger partial charge in [-0.15, -0.1) is 0 Å². The summed E-state index contributed by atoms with van der Waals surface area (Å²) in [5.74, 6) is 0.467. The SMILES string of the molecule is C[C@@H]1CN[C@H](C(=O)OC(C)(C)C)C1. The van der Waals surface area contributed by atoms with E-state index in [1.807, 2.05) is 20.8 Å². The summed E-state index contributed by atoms with van der Waals surface area (Å²) in [5, 5.41) is 3.15. The van der Waals surface area contributed by atoms with E-state index in [9.17, 15) is 4.79 Å². The van der Waals surface area contributed by atoms with Gasteiger partial charge in [0.25, 0.3) is 0 Å². The summed E-state index contributed by atoms with van der Waals surface area (Å²) < 4.78 is 5.27. The number of carbonyl (C=O) groups is 1. The van der Waals surface area contributed by atoms with Gasteiger partial charge in [0.2, 0.25) is 0 Å². The predicted molar refractivity (Wildman–Crippen MR) is 51.4 cm³/mol. The van der Waals surface area contributed by atoms with Crippen LogP contribution in [0.5, 0.6) is 0 Å². The molecule has 13 heavy (non-hydrogen) atoms. The molecule has 1 aliphatic rings. The van der Waals surface area contributed by atoms with Crippen LogP contribution in [0.2, 0.25) is 0 Å². The van der Waals surface area contributed by atoms with Crippen LogP contribution in [0.15, 0.2) is 0 Å². The minimum atomic E-state index is -0.370. The second kappa shape index (κ2) is 3.66. The second-order valence-corrected chi connectivity index (χ2v) is 4.84. The average Bonchev–Trinajstić information content (AvgIpc) is 2.31. The number of carbonyl (C=O) groups excluding carboxylic acids is 1. The minimum absolute atomic E-state index is 0.0887. The molecule has 76 valence electrons. The third kappa shape index (κ3) is 3.35. The molecule has 0 spiro atoms. The number of ether oxygens (including phenoxy) is 1. The molecule has 0 bridgehead atoms. The highest BCUT2D eigenvalue weighted by molar-refractivity contribution is 5.76. The van der Waals surface area contributed by atoms with E-state index in [-0.39, 0.29) is 17.6 Å². The predicted octanol–water partition coefficient (Wildman–Crippen LogP) is 1.33. The Balaban J connectivity index is 2.41. The zero-order chi connectivity index (χ0) is 10.1. The second-order valence-electron chi connectivity index (χ2n) is 4.84. The highest BCUT2D eigenvalue weighted by Gasteiger charge is 2.30. The molecular formula is C10H19NO2.